The number of carbonyl (C=O) groups is 1. The van der Waals surface area contributed by atoms with E-state index in [-0.39, 0.29) is 12.0 Å². The zero-order chi connectivity index (χ0) is 16.2. The predicted molar refractivity (Wildman–Crippen MR) is 91.8 cm³/mol. The van der Waals surface area contributed by atoms with Gasteiger partial charge in [-0.25, -0.2) is 0 Å². The molecule has 1 aliphatic carbocycles. The van der Waals surface area contributed by atoms with Crippen LogP contribution in [0, 0.1) is 0 Å². The molecule has 0 bridgehead atoms. The van der Waals surface area contributed by atoms with Gasteiger partial charge in [0, 0.05) is 12.6 Å². The van der Waals surface area contributed by atoms with E-state index in [1.165, 1.54) is 32.1 Å². The van der Waals surface area contributed by atoms with Gasteiger partial charge < -0.3 is 10.5 Å². The van der Waals surface area contributed by atoms with Crippen molar-refractivity contribution in [2.24, 2.45) is 5.73 Å². The molecule has 130 valence electrons. The van der Waals surface area contributed by atoms with Crippen molar-refractivity contribution in [1.29, 1.82) is 0 Å². The molecular formula is C18H36N2O2. The molecule has 1 fully saturated rings. The lowest BCUT2D eigenvalue weighted by atomic mass is 9.92. The van der Waals surface area contributed by atoms with Crippen molar-refractivity contribution in [3.63, 3.8) is 0 Å². The number of hydrogen-bond donors (Lipinski definition) is 1. The highest BCUT2D eigenvalue weighted by atomic mass is 16.5. The molecule has 2 N–H and O–H groups in total. The second-order valence-electron chi connectivity index (χ2n) is 6.50. The van der Waals surface area contributed by atoms with E-state index in [9.17, 15) is 4.79 Å². The molecule has 0 aliphatic heterocycles. The number of hydrogen-bond acceptors (Lipinski definition) is 4. The second-order valence-corrected chi connectivity index (χ2v) is 6.50. The molecule has 1 aliphatic rings. The first-order valence-corrected chi connectivity index (χ1v) is 9.37. The highest BCUT2D eigenvalue weighted by Gasteiger charge is 2.32. The van der Waals surface area contributed by atoms with Crippen LogP contribution in [0.1, 0.15) is 78.1 Å². The SMILES string of the molecule is CCCCOC(=O)C(CCC)N(CCCN)C1CCCCC1. The van der Waals surface area contributed by atoms with E-state index in [1.807, 2.05) is 0 Å². The van der Waals surface area contributed by atoms with Crippen LogP contribution in [0.3, 0.4) is 0 Å². The third-order valence-corrected chi connectivity index (χ3v) is 4.64. The number of rotatable bonds is 11. The van der Waals surface area contributed by atoms with E-state index in [0.29, 0.717) is 19.2 Å². The number of esters is 1. The number of nitrogens with two attached hydrogens (primary N) is 1. The summed E-state index contributed by atoms with van der Waals surface area (Å²) in [5, 5.41) is 0. The standard InChI is InChI=1S/C18H36N2O2/c1-3-5-15-22-18(21)17(10-4-2)20(14-9-13-19)16-11-7-6-8-12-16/h16-17H,3-15,19H2,1-2H3. The highest BCUT2D eigenvalue weighted by molar-refractivity contribution is 5.75. The maximum atomic E-state index is 12.6. The fourth-order valence-corrected chi connectivity index (χ4v) is 3.39. The van der Waals surface area contributed by atoms with Gasteiger partial charge in [-0.05, 0) is 38.6 Å². The average Bonchev–Trinajstić information content (AvgIpc) is 2.55. The topological polar surface area (TPSA) is 55.6 Å². The lowest BCUT2D eigenvalue weighted by Gasteiger charge is -2.39. The largest absolute Gasteiger partial charge is 0.465 e. The molecule has 0 aromatic heterocycles. The smallest absolute Gasteiger partial charge is 0.323 e. The molecule has 1 unspecified atom stereocenters. The fraction of sp³-hybridized carbons (Fsp3) is 0.944. The summed E-state index contributed by atoms with van der Waals surface area (Å²) in [6, 6.07) is 0.465. The van der Waals surface area contributed by atoms with Crippen molar-refractivity contribution in [2.45, 2.75) is 90.1 Å². The Morgan fingerprint density at radius 1 is 1.18 bits per heavy atom. The van der Waals surface area contributed by atoms with Crippen molar-refractivity contribution in [1.82, 2.24) is 4.90 Å². The Hall–Kier alpha value is -0.610. The molecule has 22 heavy (non-hydrogen) atoms. The minimum atomic E-state index is -0.0727. The van der Waals surface area contributed by atoms with E-state index < -0.39 is 0 Å². The van der Waals surface area contributed by atoms with Crippen molar-refractivity contribution in [2.75, 3.05) is 19.7 Å². The second kappa shape index (κ2) is 11.9. The number of nitrogens with zero attached hydrogens (tertiary/aromatic N) is 1. The van der Waals surface area contributed by atoms with Gasteiger partial charge in [0.2, 0.25) is 0 Å². The first-order valence-electron chi connectivity index (χ1n) is 9.37. The number of ether oxygens (including phenoxy) is 1. The van der Waals surface area contributed by atoms with Gasteiger partial charge in [-0.1, -0.05) is 46.0 Å². The van der Waals surface area contributed by atoms with Gasteiger partial charge in [0.1, 0.15) is 6.04 Å². The molecule has 4 heteroatoms. The van der Waals surface area contributed by atoms with E-state index in [4.69, 9.17) is 10.5 Å². The van der Waals surface area contributed by atoms with Crippen molar-refractivity contribution >= 4 is 5.97 Å². The van der Waals surface area contributed by atoms with Gasteiger partial charge in [-0.3, -0.25) is 9.69 Å². The van der Waals surface area contributed by atoms with Crippen LogP contribution in [-0.4, -0.2) is 42.6 Å². The Morgan fingerprint density at radius 2 is 1.91 bits per heavy atom. The first kappa shape index (κ1) is 19.4. The lowest BCUT2D eigenvalue weighted by molar-refractivity contribution is -0.152. The summed E-state index contributed by atoms with van der Waals surface area (Å²) in [4.78, 5) is 15.0. The van der Waals surface area contributed by atoms with Crippen molar-refractivity contribution in [3.05, 3.63) is 0 Å². The van der Waals surface area contributed by atoms with Gasteiger partial charge in [-0.2, -0.15) is 0 Å². The Kier molecular flexibility index (Phi) is 10.5. The molecule has 1 atom stereocenters. The molecule has 0 amide bonds. The zero-order valence-electron chi connectivity index (χ0n) is 14.7. The van der Waals surface area contributed by atoms with Crippen LogP contribution in [0.5, 0.6) is 0 Å². The fourth-order valence-electron chi connectivity index (χ4n) is 3.39. The molecule has 0 aromatic carbocycles. The van der Waals surface area contributed by atoms with Gasteiger partial charge >= 0.3 is 5.97 Å². The first-order chi connectivity index (χ1) is 10.7. The Labute approximate surface area is 136 Å². The van der Waals surface area contributed by atoms with Gasteiger partial charge in [0.05, 0.1) is 6.61 Å². The summed E-state index contributed by atoms with van der Waals surface area (Å²) in [6.45, 7) is 6.44. The highest BCUT2D eigenvalue weighted by Crippen LogP contribution is 2.26. The molecule has 0 saturated heterocycles. The monoisotopic (exact) mass is 312 g/mol. The Morgan fingerprint density at radius 3 is 2.50 bits per heavy atom. The van der Waals surface area contributed by atoms with Crippen molar-refractivity contribution < 1.29 is 9.53 Å². The summed E-state index contributed by atoms with van der Waals surface area (Å²) in [5.41, 5.74) is 5.71. The predicted octanol–water partition coefficient (Wildman–Crippen LogP) is 3.48. The summed E-state index contributed by atoms with van der Waals surface area (Å²) >= 11 is 0. The van der Waals surface area contributed by atoms with Crippen LogP contribution in [0.25, 0.3) is 0 Å². The maximum Gasteiger partial charge on any atom is 0.323 e. The van der Waals surface area contributed by atoms with E-state index in [2.05, 4.69) is 18.7 Å². The molecule has 0 radical (unpaired) electrons. The summed E-state index contributed by atoms with van der Waals surface area (Å²) in [6.07, 6.45) is 11.2. The van der Waals surface area contributed by atoms with E-state index >= 15 is 0 Å². The van der Waals surface area contributed by atoms with E-state index in [1.54, 1.807) is 0 Å². The number of carbonyl (C=O) groups excluding carboxylic acids is 1. The molecule has 4 nitrogen and oxygen atoms in total. The Bertz CT molecular complexity index is 291. The molecule has 0 heterocycles. The van der Waals surface area contributed by atoms with Crippen LogP contribution >= 0.6 is 0 Å². The minimum Gasteiger partial charge on any atom is -0.465 e. The van der Waals surface area contributed by atoms with Gasteiger partial charge in [0.15, 0.2) is 0 Å². The van der Waals surface area contributed by atoms with Crippen LogP contribution in [0.4, 0.5) is 0 Å². The summed E-state index contributed by atoms with van der Waals surface area (Å²) in [5.74, 6) is -0.0158. The molecule has 0 spiro atoms. The van der Waals surface area contributed by atoms with Crippen molar-refractivity contribution in [3.8, 4) is 0 Å². The van der Waals surface area contributed by atoms with Crippen LogP contribution < -0.4 is 5.73 Å². The molecular weight excluding hydrogens is 276 g/mol. The molecule has 0 aromatic rings. The van der Waals surface area contributed by atoms with Gasteiger partial charge in [-0.15, -0.1) is 0 Å². The Balaban J connectivity index is 2.71. The number of unbranched alkanes of at least 4 members (excludes halogenated alkanes) is 1. The molecule has 1 rings (SSSR count). The zero-order valence-corrected chi connectivity index (χ0v) is 14.7. The van der Waals surface area contributed by atoms with Crippen LogP contribution in [-0.2, 0) is 9.53 Å². The summed E-state index contributed by atoms with van der Waals surface area (Å²) in [7, 11) is 0. The maximum absolute atomic E-state index is 12.6. The van der Waals surface area contributed by atoms with E-state index in [0.717, 1.165) is 38.6 Å². The van der Waals surface area contributed by atoms with Gasteiger partial charge in [0.25, 0.3) is 0 Å². The lowest BCUT2D eigenvalue weighted by Crippen LogP contribution is -2.49. The summed E-state index contributed by atoms with van der Waals surface area (Å²) < 4.78 is 5.54. The quantitative estimate of drug-likeness (QED) is 0.469. The van der Waals surface area contributed by atoms with Crippen LogP contribution in [0.15, 0.2) is 0 Å². The minimum absolute atomic E-state index is 0.0158. The third kappa shape index (κ3) is 6.66. The normalized spacial score (nSPS) is 17.6. The molecule has 1 saturated carbocycles. The van der Waals surface area contributed by atoms with Crippen LogP contribution in [0.2, 0.25) is 0 Å². The average molecular weight is 312 g/mol. The third-order valence-electron chi connectivity index (χ3n) is 4.64.